The van der Waals surface area contributed by atoms with Gasteiger partial charge in [0, 0.05) is 30.8 Å². The average Bonchev–Trinajstić information content (AvgIpc) is 2.44. The molecule has 2 N–H and O–H groups in total. The van der Waals surface area contributed by atoms with E-state index in [9.17, 15) is 0 Å². The lowest BCUT2D eigenvalue weighted by Crippen LogP contribution is -2.38. The minimum Gasteiger partial charge on any atom is -0.496 e. The lowest BCUT2D eigenvalue weighted by Gasteiger charge is -2.35. The summed E-state index contributed by atoms with van der Waals surface area (Å²) in [4.78, 5) is 2.52. The maximum atomic E-state index is 5.50. The van der Waals surface area contributed by atoms with Crippen molar-refractivity contribution in [3.63, 3.8) is 0 Å². The van der Waals surface area contributed by atoms with Crippen molar-refractivity contribution < 1.29 is 4.74 Å². The van der Waals surface area contributed by atoms with Gasteiger partial charge in [0.1, 0.15) is 5.75 Å². The molecule has 3 nitrogen and oxygen atoms in total. The highest BCUT2D eigenvalue weighted by atomic mass is 16.5. The maximum Gasteiger partial charge on any atom is 0.123 e. The van der Waals surface area contributed by atoms with Crippen LogP contribution in [0.25, 0.3) is 0 Å². The van der Waals surface area contributed by atoms with Crippen molar-refractivity contribution in [1.82, 2.24) is 4.90 Å². The minimum absolute atomic E-state index is 0.391. The standard InChI is InChI=1S/C18H26N2O/c1-14-9-15(2)12-20(11-14)13-17-10-16(5-4-8-19)6-7-18(17)21-3/h6-7,10,14-15H,8-9,11-13,19H2,1-3H3. The molecule has 1 aromatic rings. The molecular formula is C18H26N2O. The fourth-order valence-electron chi connectivity index (χ4n) is 3.30. The molecule has 1 saturated heterocycles. The van der Waals surface area contributed by atoms with E-state index >= 15 is 0 Å². The van der Waals surface area contributed by atoms with Crippen LogP contribution in [0.5, 0.6) is 5.75 Å². The summed E-state index contributed by atoms with van der Waals surface area (Å²) in [6.45, 7) is 8.31. The van der Waals surface area contributed by atoms with Crippen LogP contribution in [0.4, 0.5) is 0 Å². The van der Waals surface area contributed by atoms with Crippen LogP contribution in [0.3, 0.4) is 0 Å². The zero-order valence-corrected chi connectivity index (χ0v) is 13.4. The summed E-state index contributed by atoms with van der Waals surface area (Å²) < 4.78 is 5.50. The third kappa shape index (κ3) is 4.49. The molecule has 1 fully saturated rings. The van der Waals surface area contributed by atoms with E-state index in [2.05, 4.69) is 36.7 Å². The SMILES string of the molecule is COc1ccc(C#CCN)cc1CN1CC(C)CC(C)C1. The Balaban J connectivity index is 2.16. The highest BCUT2D eigenvalue weighted by molar-refractivity contribution is 5.44. The van der Waals surface area contributed by atoms with Gasteiger partial charge in [-0.1, -0.05) is 25.7 Å². The first-order valence-corrected chi connectivity index (χ1v) is 7.70. The first-order valence-electron chi connectivity index (χ1n) is 7.70. The van der Waals surface area contributed by atoms with Crippen molar-refractivity contribution in [1.29, 1.82) is 0 Å². The third-order valence-electron chi connectivity index (χ3n) is 3.95. The summed E-state index contributed by atoms with van der Waals surface area (Å²) in [6.07, 6.45) is 1.33. The Morgan fingerprint density at radius 3 is 2.62 bits per heavy atom. The number of ether oxygens (including phenoxy) is 1. The van der Waals surface area contributed by atoms with E-state index < -0.39 is 0 Å². The fraction of sp³-hybridized carbons (Fsp3) is 0.556. The first-order chi connectivity index (χ1) is 10.1. The molecule has 0 bridgehead atoms. The quantitative estimate of drug-likeness (QED) is 0.868. The van der Waals surface area contributed by atoms with E-state index in [1.165, 1.54) is 12.0 Å². The molecule has 0 radical (unpaired) electrons. The highest BCUT2D eigenvalue weighted by Gasteiger charge is 2.22. The summed E-state index contributed by atoms with van der Waals surface area (Å²) in [6, 6.07) is 6.13. The van der Waals surface area contributed by atoms with Gasteiger partial charge in [-0.05, 0) is 36.5 Å². The molecule has 114 valence electrons. The van der Waals surface area contributed by atoms with Crippen LogP contribution in [-0.4, -0.2) is 31.6 Å². The van der Waals surface area contributed by atoms with Crippen LogP contribution in [0.2, 0.25) is 0 Å². The molecule has 0 amide bonds. The Bertz CT molecular complexity index is 520. The molecule has 0 aromatic heterocycles. The van der Waals surface area contributed by atoms with Crippen molar-refractivity contribution in [2.24, 2.45) is 17.6 Å². The number of hydrogen-bond donors (Lipinski definition) is 1. The van der Waals surface area contributed by atoms with Crippen molar-refractivity contribution in [2.45, 2.75) is 26.8 Å². The Labute approximate surface area is 128 Å². The van der Waals surface area contributed by atoms with E-state index in [1.807, 2.05) is 12.1 Å². The number of rotatable bonds is 3. The van der Waals surface area contributed by atoms with E-state index in [4.69, 9.17) is 10.5 Å². The first kappa shape index (κ1) is 15.9. The predicted octanol–water partition coefficient (Wildman–Crippen LogP) is 2.48. The van der Waals surface area contributed by atoms with E-state index in [0.29, 0.717) is 6.54 Å². The summed E-state index contributed by atoms with van der Waals surface area (Å²) in [5.74, 6) is 8.48. The topological polar surface area (TPSA) is 38.5 Å². The Morgan fingerprint density at radius 1 is 1.29 bits per heavy atom. The second-order valence-electron chi connectivity index (χ2n) is 6.17. The number of piperidine rings is 1. The normalized spacial score (nSPS) is 22.5. The lowest BCUT2D eigenvalue weighted by atomic mass is 9.91. The van der Waals surface area contributed by atoms with Gasteiger partial charge in [-0.3, -0.25) is 4.90 Å². The zero-order valence-electron chi connectivity index (χ0n) is 13.4. The van der Waals surface area contributed by atoms with Crippen molar-refractivity contribution in [3.8, 4) is 17.6 Å². The number of nitrogens with zero attached hydrogens (tertiary/aromatic N) is 1. The molecule has 0 spiro atoms. The summed E-state index contributed by atoms with van der Waals surface area (Å²) in [7, 11) is 1.73. The van der Waals surface area contributed by atoms with Crippen molar-refractivity contribution in [2.75, 3.05) is 26.7 Å². The van der Waals surface area contributed by atoms with Gasteiger partial charge in [-0.15, -0.1) is 0 Å². The Hall–Kier alpha value is -1.50. The average molecular weight is 286 g/mol. The van der Waals surface area contributed by atoms with Crippen LogP contribution in [0.15, 0.2) is 18.2 Å². The molecular weight excluding hydrogens is 260 g/mol. The van der Waals surface area contributed by atoms with Gasteiger partial charge in [0.25, 0.3) is 0 Å². The zero-order chi connectivity index (χ0) is 15.2. The molecule has 1 aromatic carbocycles. The molecule has 0 aliphatic carbocycles. The Morgan fingerprint density at radius 2 is 2.00 bits per heavy atom. The van der Waals surface area contributed by atoms with Crippen molar-refractivity contribution >= 4 is 0 Å². The van der Waals surface area contributed by atoms with Crippen molar-refractivity contribution in [3.05, 3.63) is 29.3 Å². The third-order valence-corrected chi connectivity index (χ3v) is 3.95. The maximum absolute atomic E-state index is 5.50. The molecule has 1 heterocycles. The Kier molecular flexibility index (Phi) is 5.67. The second-order valence-corrected chi connectivity index (χ2v) is 6.17. The van der Waals surface area contributed by atoms with Gasteiger partial charge in [-0.25, -0.2) is 0 Å². The fourth-order valence-corrected chi connectivity index (χ4v) is 3.30. The van der Waals surface area contributed by atoms with Crippen LogP contribution < -0.4 is 10.5 Å². The number of likely N-dealkylation sites (tertiary alicyclic amines) is 1. The van der Waals surface area contributed by atoms with Gasteiger partial charge in [-0.2, -0.15) is 0 Å². The lowest BCUT2D eigenvalue weighted by molar-refractivity contribution is 0.133. The van der Waals surface area contributed by atoms with E-state index in [0.717, 1.165) is 42.8 Å². The van der Waals surface area contributed by atoms with Crippen LogP contribution in [0.1, 0.15) is 31.4 Å². The minimum atomic E-state index is 0.391. The number of benzene rings is 1. The van der Waals surface area contributed by atoms with E-state index in [1.54, 1.807) is 7.11 Å². The largest absolute Gasteiger partial charge is 0.496 e. The molecule has 2 unspecified atom stereocenters. The highest BCUT2D eigenvalue weighted by Crippen LogP contribution is 2.26. The molecule has 2 rings (SSSR count). The van der Waals surface area contributed by atoms with Crippen LogP contribution >= 0.6 is 0 Å². The molecule has 2 atom stereocenters. The monoisotopic (exact) mass is 286 g/mol. The number of hydrogen-bond acceptors (Lipinski definition) is 3. The van der Waals surface area contributed by atoms with Gasteiger partial charge in [0.05, 0.1) is 13.7 Å². The summed E-state index contributed by atoms with van der Waals surface area (Å²) >= 11 is 0. The predicted molar refractivity (Wildman–Crippen MR) is 87.1 cm³/mol. The second kappa shape index (κ2) is 7.49. The smallest absolute Gasteiger partial charge is 0.123 e. The molecule has 1 aliphatic heterocycles. The molecule has 0 saturated carbocycles. The summed E-state index contributed by atoms with van der Waals surface area (Å²) in [5, 5.41) is 0. The van der Waals surface area contributed by atoms with Crippen LogP contribution in [-0.2, 0) is 6.54 Å². The number of nitrogens with two attached hydrogens (primary N) is 1. The molecule has 21 heavy (non-hydrogen) atoms. The number of methoxy groups -OCH3 is 1. The van der Waals surface area contributed by atoms with E-state index in [-0.39, 0.29) is 0 Å². The van der Waals surface area contributed by atoms with Gasteiger partial charge in [0.15, 0.2) is 0 Å². The van der Waals surface area contributed by atoms with Gasteiger partial charge in [0.2, 0.25) is 0 Å². The van der Waals surface area contributed by atoms with Gasteiger partial charge < -0.3 is 10.5 Å². The van der Waals surface area contributed by atoms with Crippen LogP contribution in [0, 0.1) is 23.7 Å². The molecule has 1 aliphatic rings. The summed E-state index contributed by atoms with van der Waals surface area (Å²) in [5.41, 5.74) is 7.66. The van der Waals surface area contributed by atoms with Gasteiger partial charge >= 0.3 is 0 Å². The molecule has 3 heteroatoms.